The van der Waals surface area contributed by atoms with E-state index in [2.05, 4.69) is 15.4 Å². The molecule has 9 heteroatoms. The van der Waals surface area contributed by atoms with Crippen LogP contribution in [0.15, 0.2) is 18.5 Å². The highest BCUT2D eigenvalue weighted by molar-refractivity contribution is 5.64. The van der Waals surface area contributed by atoms with Gasteiger partial charge in [0.1, 0.15) is 17.5 Å². The number of anilines is 2. The van der Waals surface area contributed by atoms with Gasteiger partial charge < -0.3 is 11.1 Å². The molecule has 2 aromatic rings. The molecule has 0 aliphatic rings. The van der Waals surface area contributed by atoms with E-state index in [4.69, 9.17) is 11.0 Å². The number of pyridine rings is 1. The summed E-state index contributed by atoms with van der Waals surface area (Å²) >= 11 is 0. The van der Waals surface area contributed by atoms with Crippen molar-refractivity contribution < 1.29 is 4.92 Å². The highest BCUT2D eigenvalue weighted by Crippen LogP contribution is 2.26. The van der Waals surface area contributed by atoms with Crippen LogP contribution < -0.4 is 11.1 Å². The maximum Gasteiger partial charge on any atom is 0.328 e. The first-order valence-electron chi connectivity index (χ1n) is 5.58. The van der Waals surface area contributed by atoms with Gasteiger partial charge in [0, 0.05) is 25.4 Å². The summed E-state index contributed by atoms with van der Waals surface area (Å²) in [4.78, 5) is 14.3. The highest BCUT2D eigenvalue weighted by atomic mass is 16.6. The Morgan fingerprint density at radius 1 is 1.65 bits per heavy atom. The molecule has 0 saturated carbocycles. The first kappa shape index (κ1) is 13.3. The van der Waals surface area contributed by atoms with Crippen molar-refractivity contribution in [2.45, 2.75) is 6.54 Å². The minimum Gasteiger partial charge on any atom is -0.384 e. The molecule has 0 amide bonds. The van der Waals surface area contributed by atoms with Gasteiger partial charge in [-0.2, -0.15) is 10.4 Å². The molecule has 0 radical (unpaired) electrons. The van der Waals surface area contributed by atoms with Gasteiger partial charge in [0.2, 0.25) is 5.82 Å². The first-order chi connectivity index (χ1) is 9.54. The fraction of sp³-hybridized carbons (Fsp3) is 0.182. The summed E-state index contributed by atoms with van der Waals surface area (Å²) in [6.07, 6.45) is 2.89. The largest absolute Gasteiger partial charge is 0.384 e. The fourth-order valence-electron chi connectivity index (χ4n) is 1.67. The van der Waals surface area contributed by atoms with Crippen molar-refractivity contribution in [3.8, 4) is 6.07 Å². The van der Waals surface area contributed by atoms with Crippen molar-refractivity contribution >= 4 is 17.3 Å². The fourth-order valence-corrected chi connectivity index (χ4v) is 1.67. The number of rotatable bonds is 4. The maximum absolute atomic E-state index is 11.0. The van der Waals surface area contributed by atoms with Gasteiger partial charge in [0.25, 0.3) is 0 Å². The Labute approximate surface area is 113 Å². The number of aromatic nitrogens is 3. The SMILES string of the molecule is Cn1ncc(CNc2nccc(C#N)c2[N+](=O)[O-])c1N. The summed E-state index contributed by atoms with van der Waals surface area (Å²) in [5, 5.41) is 26.7. The second kappa shape index (κ2) is 5.23. The second-order valence-electron chi connectivity index (χ2n) is 3.96. The molecule has 3 N–H and O–H groups in total. The number of hydrogen-bond acceptors (Lipinski definition) is 7. The molecule has 2 heterocycles. The molecule has 0 atom stereocenters. The summed E-state index contributed by atoms with van der Waals surface area (Å²) in [5.41, 5.74) is 6.06. The predicted molar refractivity (Wildman–Crippen MR) is 70.6 cm³/mol. The zero-order chi connectivity index (χ0) is 14.7. The number of hydrogen-bond donors (Lipinski definition) is 2. The van der Waals surface area contributed by atoms with E-state index >= 15 is 0 Å². The first-order valence-corrected chi connectivity index (χ1v) is 5.58. The van der Waals surface area contributed by atoms with E-state index in [0.717, 1.165) is 0 Å². The van der Waals surface area contributed by atoms with Crippen LogP contribution in [-0.4, -0.2) is 19.7 Å². The van der Waals surface area contributed by atoms with E-state index in [1.54, 1.807) is 19.3 Å². The second-order valence-corrected chi connectivity index (χ2v) is 3.96. The lowest BCUT2D eigenvalue weighted by Gasteiger charge is -2.06. The van der Waals surface area contributed by atoms with E-state index in [0.29, 0.717) is 11.4 Å². The molecule has 0 aliphatic heterocycles. The van der Waals surface area contributed by atoms with Crippen molar-refractivity contribution in [3.63, 3.8) is 0 Å². The van der Waals surface area contributed by atoms with E-state index in [1.165, 1.54) is 16.9 Å². The molecule has 9 nitrogen and oxygen atoms in total. The predicted octanol–water partition coefficient (Wildman–Crippen LogP) is 0.789. The molecule has 20 heavy (non-hydrogen) atoms. The third-order valence-electron chi connectivity index (χ3n) is 2.74. The molecule has 0 unspecified atom stereocenters. The molecule has 0 spiro atoms. The van der Waals surface area contributed by atoms with Crippen LogP contribution in [0.2, 0.25) is 0 Å². The number of nitriles is 1. The molecule has 0 saturated heterocycles. The third-order valence-corrected chi connectivity index (χ3v) is 2.74. The Morgan fingerprint density at radius 2 is 2.40 bits per heavy atom. The highest BCUT2D eigenvalue weighted by Gasteiger charge is 2.21. The van der Waals surface area contributed by atoms with Gasteiger partial charge in [0.05, 0.1) is 11.1 Å². The lowest BCUT2D eigenvalue weighted by atomic mass is 10.2. The van der Waals surface area contributed by atoms with Crippen molar-refractivity contribution in [3.05, 3.63) is 39.7 Å². The Hall–Kier alpha value is -3.15. The molecule has 0 bridgehead atoms. The van der Waals surface area contributed by atoms with Crippen molar-refractivity contribution in [1.82, 2.24) is 14.8 Å². The zero-order valence-electron chi connectivity index (χ0n) is 10.6. The topological polar surface area (TPSA) is 136 Å². The Kier molecular flexibility index (Phi) is 3.47. The molecule has 2 rings (SSSR count). The summed E-state index contributed by atoms with van der Waals surface area (Å²) in [6.45, 7) is 0.225. The van der Waals surface area contributed by atoms with E-state index < -0.39 is 4.92 Å². The van der Waals surface area contributed by atoms with Crippen molar-refractivity contribution in [2.24, 2.45) is 7.05 Å². The molecular weight excluding hydrogens is 262 g/mol. The third kappa shape index (κ3) is 2.35. The smallest absolute Gasteiger partial charge is 0.328 e. The van der Waals surface area contributed by atoms with Crippen LogP contribution in [-0.2, 0) is 13.6 Å². The lowest BCUT2D eigenvalue weighted by Crippen LogP contribution is -2.07. The molecular formula is C11H11N7O2. The maximum atomic E-state index is 11.0. The zero-order valence-corrected chi connectivity index (χ0v) is 10.6. The van der Waals surface area contributed by atoms with Crippen LogP contribution >= 0.6 is 0 Å². The van der Waals surface area contributed by atoms with Gasteiger partial charge >= 0.3 is 5.69 Å². The standard InChI is InChI=1S/C11H11N7O2/c1-17-10(13)8(6-16-17)5-15-11-9(18(19)20)7(4-12)2-3-14-11/h2-3,6H,5,13H2,1H3,(H,14,15). The minimum absolute atomic E-state index is 0.0253. The Morgan fingerprint density at radius 3 is 2.95 bits per heavy atom. The number of nitro groups is 1. The number of nitrogens with one attached hydrogen (secondary N) is 1. The van der Waals surface area contributed by atoms with E-state index in [1.807, 2.05) is 0 Å². The Bertz CT molecular complexity index is 701. The van der Waals surface area contributed by atoms with Crippen LogP contribution in [0.5, 0.6) is 0 Å². The molecule has 2 aromatic heterocycles. The average molecular weight is 273 g/mol. The van der Waals surface area contributed by atoms with Gasteiger partial charge in [-0.3, -0.25) is 14.8 Å². The normalized spacial score (nSPS) is 10.0. The summed E-state index contributed by atoms with van der Waals surface area (Å²) in [5.74, 6) is 0.480. The van der Waals surface area contributed by atoms with Crippen molar-refractivity contribution in [2.75, 3.05) is 11.1 Å². The quantitative estimate of drug-likeness (QED) is 0.620. The van der Waals surface area contributed by atoms with Gasteiger partial charge in [-0.1, -0.05) is 0 Å². The molecule has 0 aliphatic carbocycles. The van der Waals surface area contributed by atoms with Crippen LogP contribution in [0, 0.1) is 21.4 Å². The van der Waals surface area contributed by atoms with Gasteiger partial charge in [-0.15, -0.1) is 0 Å². The summed E-state index contributed by atoms with van der Waals surface area (Å²) < 4.78 is 1.49. The van der Waals surface area contributed by atoms with E-state index in [9.17, 15) is 10.1 Å². The summed E-state index contributed by atoms with van der Waals surface area (Å²) in [6, 6.07) is 3.06. The van der Waals surface area contributed by atoms with Gasteiger partial charge in [-0.05, 0) is 6.07 Å². The number of nitrogen functional groups attached to an aromatic ring is 1. The minimum atomic E-state index is -0.638. The van der Waals surface area contributed by atoms with Gasteiger partial charge in [-0.25, -0.2) is 4.98 Å². The number of aryl methyl sites for hydroxylation is 1. The van der Waals surface area contributed by atoms with E-state index in [-0.39, 0.29) is 23.6 Å². The number of nitrogens with zero attached hydrogens (tertiary/aromatic N) is 5. The molecule has 0 fully saturated rings. The van der Waals surface area contributed by atoms with Gasteiger partial charge in [0.15, 0.2) is 0 Å². The lowest BCUT2D eigenvalue weighted by molar-refractivity contribution is -0.384. The monoisotopic (exact) mass is 273 g/mol. The number of nitrogens with two attached hydrogens (primary N) is 1. The molecule has 0 aromatic carbocycles. The Balaban J connectivity index is 2.28. The molecule has 102 valence electrons. The van der Waals surface area contributed by atoms with Crippen molar-refractivity contribution in [1.29, 1.82) is 5.26 Å². The van der Waals surface area contributed by atoms with Crippen LogP contribution in [0.3, 0.4) is 0 Å². The van der Waals surface area contributed by atoms with Crippen LogP contribution in [0.4, 0.5) is 17.3 Å². The van der Waals surface area contributed by atoms with Crippen LogP contribution in [0.1, 0.15) is 11.1 Å². The summed E-state index contributed by atoms with van der Waals surface area (Å²) in [7, 11) is 1.69. The average Bonchev–Trinajstić information content (AvgIpc) is 2.75. The van der Waals surface area contributed by atoms with Crippen LogP contribution in [0.25, 0.3) is 0 Å².